The number of benzene rings is 1. The van der Waals surface area contributed by atoms with Crippen molar-refractivity contribution < 1.29 is 13.9 Å². The fourth-order valence-electron chi connectivity index (χ4n) is 0.558. The van der Waals surface area contributed by atoms with Crippen LogP contribution in [-0.4, -0.2) is 5.11 Å². The van der Waals surface area contributed by atoms with Crippen LogP contribution in [0.1, 0.15) is 0 Å². The van der Waals surface area contributed by atoms with Crippen LogP contribution in [0.4, 0.5) is 14.5 Å². The minimum Gasteiger partial charge on any atom is -0.505 e. The lowest BCUT2D eigenvalue weighted by Gasteiger charge is -1.98. The summed E-state index contributed by atoms with van der Waals surface area (Å²) in [4.78, 5) is 0. The summed E-state index contributed by atoms with van der Waals surface area (Å²) in [5.74, 6) is -2.62. The average molecular weight is 182 g/mol. The van der Waals surface area contributed by atoms with Crippen LogP contribution in [0.25, 0.3) is 0 Å². The molecule has 3 N–H and O–H groups in total. The van der Waals surface area contributed by atoms with E-state index in [1.54, 1.807) is 0 Å². The number of phenols is 1. The van der Waals surface area contributed by atoms with Gasteiger partial charge in [-0.05, 0) is 12.1 Å². The van der Waals surface area contributed by atoms with Gasteiger partial charge in [-0.2, -0.15) is 0 Å². The maximum absolute atomic E-state index is 12.4. The summed E-state index contributed by atoms with van der Waals surface area (Å²) in [6.45, 7) is 0. The Balaban J connectivity index is 0.000001000. The zero-order valence-electron chi connectivity index (χ0n) is 5.34. The number of anilines is 1. The van der Waals surface area contributed by atoms with Crippen molar-refractivity contribution in [3.63, 3.8) is 0 Å². The van der Waals surface area contributed by atoms with Gasteiger partial charge in [0, 0.05) is 0 Å². The maximum atomic E-state index is 12.4. The standard InChI is InChI=1S/C6H5F2NO.ClH/c7-3-1-2-4(10)5(8)6(3)9;/h1-2,10H,9H2;1H. The van der Waals surface area contributed by atoms with Gasteiger partial charge in [-0.15, -0.1) is 12.4 Å². The molecule has 2 nitrogen and oxygen atoms in total. The molecular weight excluding hydrogens is 176 g/mol. The third-order valence-electron chi connectivity index (χ3n) is 1.11. The number of phenolic OH excluding ortho intramolecular Hbond substituents is 1. The average Bonchev–Trinajstić information content (AvgIpc) is 1.93. The first kappa shape index (κ1) is 9.97. The smallest absolute Gasteiger partial charge is 0.190 e. The van der Waals surface area contributed by atoms with Crippen molar-refractivity contribution in [1.29, 1.82) is 0 Å². The molecule has 0 aliphatic heterocycles. The van der Waals surface area contributed by atoms with E-state index in [1.165, 1.54) is 0 Å². The van der Waals surface area contributed by atoms with Gasteiger partial charge in [0.2, 0.25) is 0 Å². The molecule has 0 aliphatic carbocycles. The number of nitrogen functional groups attached to an aromatic ring is 1. The summed E-state index contributed by atoms with van der Waals surface area (Å²) in [6.07, 6.45) is 0. The van der Waals surface area contributed by atoms with E-state index in [0.717, 1.165) is 12.1 Å². The highest BCUT2D eigenvalue weighted by molar-refractivity contribution is 5.85. The zero-order chi connectivity index (χ0) is 7.72. The Morgan fingerprint density at radius 2 is 1.82 bits per heavy atom. The summed E-state index contributed by atoms with van der Waals surface area (Å²) in [6, 6.07) is 1.80. The molecule has 0 saturated heterocycles. The van der Waals surface area contributed by atoms with E-state index >= 15 is 0 Å². The topological polar surface area (TPSA) is 46.2 Å². The first-order valence-electron chi connectivity index (χ1n) is 2.55. The predicted octanol–water partition coefficient (Wildman–Crippen LogP) is 1.67. The van der Waals surface area contributed by atoms with Crippen LogP contribution in [0, 0.1) is 11.6 Å². The maximum Gasteiger partial charge on any atom is 0.190 e. The van der Waals surface area contributed by atoms with Crippen LogP contribution < -0.4 is 5.73 Å². The Bertz CT molecular complexity index is 240. The molecular formula is C6H6ClF2NO. The van der Waals surface area contributed by atoms with Crippen molar-refractivity contribution in [1.82, 2.24) is 0 Å². The summed E-state index contributed by atoms with van der Waals surface area (Å²) in [7, 11) is 0. The van der Waals surface area contributed by atoms with E-state index in [4.69, 9.17) is 10.8 Å². The first-order chi connectivity index (χ1) is 4.63. The Kier molecular flexibility index (Phi) is 3.07. The molecule has 0 heterocycles. The van der Waals surface area contributed by atoms with Crippen LogP contribution >= 0.6 is 12.4 Å². The van der Waals surface area contributed by atoms with Crippen LogP contribution in [0.2, 0.25) is 0 Å². The second-order valence-corrected chi connectivity index (χ2v) is 1.79. The predicted molar refractivity (Wildman–Crippen MR) is 39.7 cm³/mol. The molecule has 5 heteroatoms. The van der Waals surface area contributed by atoms with Gasteiger partial charge in [-0.1, -0.05) is 0 Å². The van der Waals surface area contributed by atoms with E-state index in [2.05, 4.69) is 0 Å². The van der Waals surface area contributed by atoms with Gasteiger partial charge in [0.15, 0.2) is 11.6 Å². The lowest BCUT2D eigenvalue weighted by atomic mass is 10.3. The van der Waals surface area contributed by atoms with Gasteiger partial charge in [-0.3, -0.25) is 0 Å². The summed E-state index contributed by atoms with van der Waals surface area (Å²) >= 11 is 0. The molecule has 0 aromatic heterocycles. The van der Waals surface area contributed by atoms with Gasteiger partial charge >= 0.3 is 0 Å². The lowest BCUT2D eigenvalue weighted by Crippen LogP contribution is -1.94. The Labute approximate surface area is 68.0 Å². The van der Waals surface area contributed by atoms with Gasteiger partial charge in [0.25, 0.3) is 0 Å². The van der Waals surface area contributed by atoms with Crippen molar-refractivity contribution >= 4 is 18.1 Å². The number of rotatable bonds is 0. The highest BCUT2D eigenvalue weighted by atomic mass is 35.5. The summed E-state index contributed by atoms with van der Waals surface area (Å²) in [5.41, 5.74) is 4.22. The lowest BCUT2D eigenvalue weighted by molar-refractivity contribution is 0.430. The highest BCUT2D eigenvalue weighted by Gasteiger charge is 2.08. The Morgan fingerprint density at radius 3 is 2.27 bits per heavy atom. The molecule has 0 amide bonds. The van der Waals surface area contributed by atoms with Crippen molar-refractivity contribution in [2.45, 2.75) is 0 Å². The van der Waals surface area contributed by atoms with E-state index in [-0.39, 0.29) is 12.4 Å². The monoisotopic (exact) mass is 181 g/mol. The molecule has 0 radical (unpaired) electrons. The summed E-state index contributed by atoms with van der Waals surface area (Å²) < 4.78 is 24.7. The van der Waals surface area contributed by atoms with E-state index in [1.807, 2.05) is 0 Å². The molecule has 0 atom stereocenters. The van der Waals surface area contributed by atoms with Crippen molar-refractivity contribution in [3.8, 4) is 5.75 Å². The largest absolute Gasteiger partial charge is 0.505 e. The molecule has 0 bridgehead atoms. The molecule has 1 aromatic carbocycles. The van der Waals surface area contributed by atoms with Gasteiger partial charge in [0.1, 0.15) is 11.5 Å². The third-order valence-corrected chi connectivity index (χ3v) is 1.11. The Hall–Kier alpha value is -1.03. The number of aromatic hydroxyl groups is 1. The zero-order valence-corrected chi connectivity index (χ0v) is 6.16. The molecule has 0 saturated carbocycles. The number of hydrogen-bond acceptors (Lipinski definition) is 2. The molecule has 0 fully saturated rings. The van der Waals surface area contributed by atoms with E-state index < -0.39 is 23.1 Å². The van der Waals surface area contributed by atoms with Crippen LogP contribution in [0.5, 0.6) is 5.75 Å². The van der Waals surface area contributed by atoms with Crippen molar-refractivity contribution in [2.24, 2.45) is 0 Å². The highest BCUT2D eigenvalue weighted by Crippen LogP contribution is 2.22. The van der Waals surface area contributed by atoms with Gasteiger partial charge < -0.3 is 10.8 Å². The van der Waals surface area contributed by atoms with E-state index in [9.17, 15) is 8.78 Å². The SMILES string of the molecule is Cl.Nc1c(F)ccc(O)c1F. The van der Waals surface area contributed by atoms with Crippen LogP contribution in [0.15, 0.2) is 12.1 Å². The second kappa shape index (κ2) is 3.39. The molecule has 11 heavy (non-hydrogen) atoms. The van der Waals surface area contributed by atoms with Crippen LogP contribution in [0.3, 0.4) is 0 Å². The van der Waals surface area contributed by atoms with Crippen LogP contribution in [-0.2, 0) is 0 Å². The molecule has 1 aromatic rings. The fourth-order valence-corrected chi connectivity index (χ4v) is 0.558. The van der Waals surface area contributed by atoms with E-state index in [0.29, 0.717) is 0 Å². The minimum absolute atomic E-state index is 0. The van der Waals surface area contributed by atoms with Gasteiger partial charge in [0.05, 0.1) is 0 Å². The first-order valence-corrected chi connectivity index (χ1v) is 2.55. The molecule has 0 aliphatic rings. The second-order valence-electron chi connectivity index (χ2n) is 1.79. The normalized spacial score (nSPS) is 8.91. The molecule has 1 rings (SSSR count). The van der Waals surface area contributed by atoms with Crippen molar-refractivity contribution in [2.75, 3.05) is 5.73 Å². The quantitative estimate of drug-likeness (QED) is 0.598. The molecule has 0 spiro atoms. The number of hydrogen-bond donors (Lipinski definition) is 2. The number of nitrogens with two attached hydrogens (primary N) is 1. The third kappa shape index (κ3) is 1.71. The molecule has 62 valence electrons. The Morgan fingerprint density at radius 1 is 1.27 bits per heavy atom. The summed E-state index contributed by atoms with van der Waals surface area (Å²) in [5, 5.41) is 8.60. The van der Waals surface area contributed by atoms with Gasteiger partial charge in [-0.25, -0.2) is 8.78 Å². The molecule has 0 unspecified atom stereocenters. The fraction of sp³-hybridized carbons (Fsp3) is 0. The minimum atomic E-state index is -1.11. The number of halogens is 3. The van der Waals surface area contributed by atoms with Crippen molar-refractivity contribution in [3.05, 3.63) is 23.8 Å².